The molecule has 0 aliphatic heterocycles. The van der Waals surface area contributed by atoms with E-state index in [2.05, 4.69) is 21.1 Å². The number of thiophene rings is 1. The highest BCUT2D eigenvalue weighted by atomic mass is 32.1. The summed E-state index contributed by atoms with van der Waals surface area (Å²) in [5.74, 6) is 0.0686. The summed E-state index contributed by atoms with van der Waals surface area (Å²) in [5.41, 5.74) is 2.76. The van der Waals surface area contributed by atoms with Crippen LogP contribution in [0.3, 0.4) is 0 Å². The summed E-state index contributed by atoms with van der Waals surface area (Å²) in [4.78, 5) is 11.4. The van der Waals surface area contributed by atoms with Crippen LogP contribution >= 0.6 is 22.9 Å². The minimum absolute atomic E-state index is 0.0686. The number of Topliss-reactive ketones (excluding diaryl/α,β-unsaturated/α-hetero) is 1. The largest absolute Gasteiger partial charge is 0.371 e. The second-order valence-corrected chi connectivity index (χ2v) is 5.07. The Morgan fingerprint density at radius 2 is 2.38 bits per heavy atom. The van der Waals surface area contributed by atoms with E-state index in [-0.39, 0.29) is 5.78 Å². The van der Waals surface area contributed by atoms with Gasteiger partial charge in [-0.3, -0.25) is 4.79 Å². The van der Waals surface area contributed by atoms with Crippen LogP contribution in [-0.4, -0.2) is 10.2 Å². The Bertz CT molecular complexity index is 488. The SMILES string of the molecule is CC(=O)c1c(C)nsc1NCc1ccsc1. The second kappa shape index (κ2) is 4.76. The van der Waals surface area contributed by atoms with E-state index in [1.807, 2.05) is 12.3 Å². The number of ketones is 1. The quantitative estimate of drug-likeness (QED) is 0.849. The van der Waals surface area contributed by atoms with Gasteiger partial charge in [0.05, 0.1) is 11.3 Å². The summed E-state index contributed by atoms with van der Waals surface area (Å²) in [6.45, 7) is 4.18. The van der Waals surface area contributed by atoms with Crippen molar-refractivity contribution in [1.29, 1.82) is 0 Å². The number of hydrogen-bond acceptors (Lipinski definition) is 5. The van der Waals surface area contributed by atoms with Gasteiger partial charge in [-0.05, 0) is 47.8 Å². The zero-order valence-corrected chi connectivity index (χ0v) is 10.7. The maximum Gasteiger partial charge on any atom is 0.164 e. The number of nitrogens with zero attached hydrogens (tertiary/aromatic N) is 1. The van der Waals surface area contributed by atoms with E-state index in [1.165, 1.54) is 17.1 Å². The smallest absolute Gasteiger partial charge is 0.164 e. The average Bonchev–Trinajstić information content (AvgIpc) is 2.83. The molecule has 16 heavy (non-hydrogen) atoms. The third-order valence-corrected chi connectivity index (χ3v) is 3.88. The van der Waals surface area contributed by atoms with Crippen molar-refractivity contribution in [3.05, 3.63) is 33.6 Å². The molecule has 0 aliphatic carbocycles. The minimum Gasteiger partial charge on any atom is -0.371 e. The van der Waals surface area contributed by atoms with Crippen molar-refractivity contribution in [3.8, 4) is 0 Å². The van der Waals surface area contributed by atoms with Crippen LogP contribution in [0.1, 0.15) is 28.5 Å². The number of rotatable bonds is 4. The molecule has 0 saturated carbocycles. The molecule has 0 aromatic carbocycles. The van der Waals surface area contributed by atoms with Crippen molar-refractivity contribution in [2.75, 3.05) is 5.32 Å². The lowest BCUT2D eigenvalue weighted by atomic mass is 10.2. The molecule has 0 aliphatic rings. The Kier molecular flexibility index (Phi) is 3.36. The average molecular weight is 252 g/mol. The molecule has 84 valence electrons. The van der Waals surface area contributed by atoms with Crippen molar-refractivity contribution >= 4 is 33.7 Å². The predicted octanol–water partition coefficient (Wildman–Crippen LogP) is 3.33. The normalized spacial score (nSPS) is 10.4. The molecule has 2 aromatic heterocycles. The van der Waals surface area contributed by atoms with E-state index < -0.39 is 0 Å². The fourth-order valence-corrected chi connectivity index (χ4v) is 2.99. The van der Waals surface area contributed by atoms with Gasteiger partial charge >= 0.3 is 0 Å². The number of aromatic nitrogens is 1. The van der Waals surface area contributed by atoms with Gasteiger partial charge in [0.15, 0.2) is 5.78 Å². The van der Waals surface area contributed by atoms with Crippen LogP contribution in [0.5, 0.6) is 0 Å². The number of carbonyl (C=O) groups excluding carboxylic acids is 1. The molecule has 0 atom stereocenters. The predicted molar refractivity (Wildman–Crippen MR) is 68.5 cm³/mol. The third-order valence-electron chi connectivity index (χ3n) is 2.25. The molecule has 0 amide bonds. The van der Waals surface area contributed by atoms with Crippen molar-refractivity contribution < 1.29 is 4.79 Å². The van der Waals surface area contributed by atoms with Crippen LogP contribution < -0.4 is 5.32 Å². The van der Waals surface area contributed by atoms with Gasteiger partial charge in [-0.15, -0.1) is 0 Å². The van der Waals surface area contributed by atoms with E-state index in [0.717, 1.165) is 22.8 Å². The van der Waals surface area contributed by atoms with Crippen molar-refractivity contribution in [2.45, 2.75) is 20.4 Å². The summed E-state index contributed by atoms with van der Waals surface area (Å²) in [6, 6.07) is 2.07. The van der Waals surface area contributed by atoms with Gasteiger partial charge < -0.3 is 5.32 Å². The zero-order chi connectivity index (χ0) is 11.5. The van der Waals surface area contributed by atoms with E-state index in [1.54, 1.807) is 18.3 Å². The Morgan fingerprint density at radius 1 is 1.56 bits per heavy atom. The Labute approximate surface area is 102 Å². The molecule has 2 heterocycles. The fraction of sp³-hybridized carbons (Fsp3) is 0.273. The van der Waals surface area contributed by atoms with Crippen LogP contribution in [0.4, 0.5) is 5.00 Å². The van der Waals surface area contributed by atoms with Crippen LogP contribution in [0.25, 0.3) is 0 Å². The molecule has 0 bridgehead atoms. The van der Waals surface area contributed by atoms with Gasteiger partial charge in [-0.2, -0.15) is 15.7 Å². The van der Waals surface area contributed by atoms with Crippen molar-refractivity contribution in [3.63, 3.8) is 0 Å². The lowest BCUT2D eigenvalue weighted by molar-refractivity contribution is 0.101. The van der Waals surface area contributed by atoms with Gasteiger partial charge in [0.1, 0.15) is 5.00 Å². The number of carbonyl (C=O) groups is 1. The van der Waals surface area contributed by atoms with E-state index >= 15 is 0 Å². The van der Waals surface area contributed by atoms with E-state index in [9.17, 15) is 4.79 Å². The first kappa shape index (κ1) is 11.3. The van der Waals surface area contributed by atoms with Crippen LogP contribution in [0, 0.1) is 6.92 Å². The maximum absolute atomic E-state index is 11.4. The summed E-state index contributed by atoms with van der Waals surface area (Å²) in [5, 5.41) is 8.27. The molecule has 2 rings (SSSR count). The monoisotopic (exact) mass is 252 g/mol. The van der Waals surface area contributed by atoms with Gasteiger partial charge in [0, 0.05) is 6.54 Å². The maximum atomic E-state index is 11.4. The number of nitrogens with one attached hydrogen (secondary N) is 1. The summed E-state index contributed by atoms with van der Waals surface area (Å²) in [6.07, 6.45) is 0. The molecule has 1 N–H and O–H groups in total. The molecule has 2 aromatic rings. The van der Waals surface area contributed by atoms with E-state index in [4.69, 9.17) is 0 Å². The van der Waals surface area contributed by atoms with Crippen molar-refractivity contribution in [2.24, 2.45) is 0 Å². The summed E-state index contributed by atoms with van der Waals surface area (Å²) >= 11 is 3.02. The minimum atomic E-state index is 0.0686. The van der Waals surface area contributed by atoms with Crippen molar-refractivity contribution in [1.82, 2.24) is 4.37 Å². The second-order valence-electron chi connectivity index (χ2n) is 3.51. The molecule has 0 unspecified atom stereocenters. The Hall–Kier alpha value is -1.20. The number of hydrogen-bond donors (Lipinski definition) is 1. The molecular weight excluding hydrogens is 240 g/mol. The summed E-state index contributed by atoms with van der Waals surface area (Å²) < 4.78 is 4.20. The van der Waals surface area contributed by atoms with E-state index in [0.29, 0.717) is 0 Å². The lowest BCUT2D eigenvalue weighted by Gasteiger charge is -2.03. The molecule has 0 fully saturated rings. The topological polar surface area (TPSA) is 42.0 Å². The fourth-order valence-electron chi connectivity index (χ4n) is 1.48. The van der Waals surface area contributed by atoms with Gasteiger partial charge in [-0.1, -0.05) is 0 Å². The molecule has 0 spiro atoms. The van der Waals surface area contributed by atoms with Gasteiger partial charge in [-0.25, -0.2) is 0 Å². The highest BCUT2D eigenvalue weighted by Crippen LogP contribution is 2.25. The van der Waals surface area contributed by atoms with Gasteiger partial charge in [0.2, 0.25) is 0 Å². The van der Waals surface area contributed by atoms with Crippen LogP contribution in [0.2, 0.25) is 0 Å². The standard InChI is InChI=1S/C11H12N2OS2/c1-7-10(8(2)14)11(16-13-7)12-5-9-3-4-15-6-9/h3-4,6,12H,5H2,1-2H3. The van der Waals surface area contributed by atoms with Crippen LogP contribution in [-0.2, 0) is 6.54 Å². The molecule has 0 saturated heterocycles. The zero-order valence-electron chi connectivity index (χ0n) is 9.11. The lowest BCUT2D eigenvalue weighted by Crippen LogP contribution is -2.02. The first-order valence-electron chi connectivity index (χ1n) is 4.90. The van der Waals surface area contributed by atoms with Crippen LogP contribution in [0.15, 0.2) is 16.8 Å². The Balaban J connectivity index is 2.13. The molecule has 0 radical (unpaired) electrons. The number of anilines is 1. The Morgan fingerprint density at radius 3 is 3.00 bits per heavy atom. The molecule has 5 heteroatoms. The first-order chi connectivity index (χ1) is 7.68. The highest BCUT2D eigenvalue weighted by molar-refractivity contribution is 7.10. The molecular formula is C11H12N2OS2. The molecule has 3 nitrogen and oxygen atoms in total. The number of aryl methyl sites for hydroxylation is 1. The third kappa shape index (κ3) is 2.31. The first-order valence-corrected chi connectivity index (χ1v) is 6.62. The highest BCUT2D eigenvalue weighted by Gasteiger charge is 2.14. The van der Waals surface area contributed by atoms with Gasteiger partial charge in [0.25, 0.3) is 0 Å². The summed E-state index contributed by atoms with van der Waals surface area (Å²) in [7, 11) is 0.